The summed E-state index contributed by atoms with van der Waals surface area (Å²) in [5, 5.41) is 65.8. The van der Waals surface area contributed by atoms with Gasteiger partial charge in [-0.2, -0.15) is 5.11 Å². The molecular formula is C60H58N10O14S. The summed E-state index contributed by atoms with van der Waals surface area (Å²) >= 11 is 4.38. The number of aromatic carboxylic acids is 1. The number of methoxy groups -OCH3 is 1. The third kappa shape index (κ3) is 13.5. The van der Waals surface area contributed by atoms with Crippen LogP contribution in [0.1, 0.15) is 67.5 Å². The molecule has 0 saturated carbocycles. The van der Waals surface area contributed by atoms with Crippen LogP contribution in [-0.4, -0.2) is 116 Å². The predicted molar refractivity (Wildman–Crippen MR) is 317 cm³/mol. The number of carboxylic acids is 1. The highest BCUT2D eigenvalue weighted by molar-refractivity contribution is 7.80. The van der Waals surface area contributed by atoms with Crippen LogP contribution in [0.3, 0.4) is 0 Å². The largest absolute Gasteiger partial charge is 0.507 e. The van der Waals surface area contributed by atoms with E-state index in [0.29, 0.717) is 38.2 Å². The van der Waals surface area contributed by atoms with Crippen molar-refractivity contribution in [3.8, 4) is 40.3 Å². The molecule has 1 aliphatic heterocycles. The molecule has 9 rings (SSSR count). The maximum absolute atomic E-state index is 13.5. The van der Waals surface area contributed by atoms with Crippen LogP contribution in [0.4, 0.5) is 21.9 Å². The average molecular weight is 1180 g/mol. The second-order valence-corrected chi connectivity index (χ2v) is 19.8. The number of amides is 3. The Kier molecular flexibility index (Phi) is 18.8. The van der Waals surface area contributed by atoms with Crippen LogP contribution in [0.15, 0.2) is 159 Å². The van der Waals surface area contributed by atoms with Gasteiger partial charge in [0.1, 0.15) is 60.7 Å². The number of azo groups is 1. The first-order chi connectivity index (χ1) is 40.7. The van der Waals surface area contributed by atoms with Gasteiger partial charge < -0.3 is 50.4 Å². The molecule has 3 amide bonds. The number of phenolic OH excluding ortho intramolecular Hbond substituents is 2. The van der Waals surface area contributed by atoms with Gasteiger partial charge in [0.15, 0.2) is 11.2 Å². The van der Waals surface area contributed by atoms with Gasteiger partial charge >= 0.3 is 18.0 Å². The number of benzene rings is 7. The molecule has 0 bridgehead atoms. The first-order valence-corrected chi connectivity index (χ1v) is 26.6. The van der Waals surface area contributed by atoms with Gasteiger partial charge in [-0.1, -0.05) is 97.9 Å². The Morgan fingerprint density at radius 1 is 0.765 bits per heavy atom. The molecule has 24 nitrogen and oxygen atoms in total. The molecule has 0 fully saturated rings. The summed E-state index contributed by atoms with van der Waals surface area (Å²) in [6.07, 6.45) is -0.915. The number of thiol groups is 1. The fourth-order valence-electron chi connectivity index (χ4n) is 8.90. The van der Waals surface area contributed by atoms with E-state index in [9.17, 15) is 49.2 Å². The first-order valence-electron chi connectivity index (χ1n) is 26.1. The van der Waals surface area contributed by atoms with E-state index in [-0.39, 0.29) is 71.1 Å². The molecule has 1 atom stereocenters. The van der Waals surface area contributed by atoms with E-state index < -0.39 is 58.9 Å². The Hall–Kier alpha value is -10.7. The quantitative estimate of drug-likeness (QED) is 0.0182. The number of carbonyl (C=O) groups excluding carboxylic acids is 4. The lowest BCUT2D eigenvalue weighted by Crippen LogP contribution is -2.46. The predicted octanol–water partition coefficient (Wildman–Crippen LogP) is 10.3. The summed E-state index contributed by atoms with van der Waals surface area (Å²) in [6.45, 7) is 7.07. The number of primary amides is 1. The van der Waals surface area contributed by atoms with Gasteiger partial charge in [-0.05, 0) is 85.1 Å². The number of nitrogens with one attached hydrogen (secondary N) is 1. The molecule has 0 saturated heterocycles. The zero-order valence-corrected chi connectivity index (χ0v) is 47.6. The number of carbonyl (C=O) groups is 5. The maximum atomic E-state index is 13.5. The number of hydrogen-bond acceptors (Lipinski definition) is 20. The number of fused-ring (bicyclic) bond motifs is 2. The van der Waals surface area contributed by atoms with Crippen LogP contribution in [0.2, 0.25) is 0 Å². The zero-order valence-electron chi connectivity index (χ0n) is 46.7. The molecule has 0 aliphatic carbocycles. The number of esters is 1. The molecule has 0 spiro atoms. The van der Waals surface area contributed by atoms with Crippen molar-refractivity contribution in [3.05, 3.63) is 177 Å². The number of para-hydroxylation sites is 2. The molecular weight excluding hydrogens is 1120 g/mol. The molecule has 0 radical (unpaired) electrons. The Morgan fingerprint density at radius 3 is 2.00 bits per heavy atom. The van der Waals surface area contributed by atoms with E-state index in [0.717, 1.165) is 26.8 Å². The van der Waals surface area contributed by atoms with Crippen molar-refractivity contribution in [2.75, 3.05) is 45.9 Å². The van der Waals surface area contributed by atoms with E-state index in [1.54, 1.807) is 67.7 Å². The lowest BCUT2D eigenvalue weighted by molar-refractivity contribution is -0.142. The average Bonchev–Trinajstić information content (AvgIpc) is 1.73. The molecule has 438 valence electrons. The van der Waals surface area contributed by atoms with Gasteiger partial charge in [0.2, 0.25) is 5.88 Å². The van der Waals surface area contributed by atoms with Crippen LogP contribution in [0, 0.1) is 13.8 Å². The van der Waals surface area contributed by atoms with Crippen LogP contribution in [0.5, 0.6) is 34.6 Å². The fraction of sp³-hybridized carbons (Fsp3) is 0.200. The topological polar surface area (TPSA) is 322 Å². The minimum absolute atomic E-state index is 0.00999. The molecule has 85 heavy (non-hydrogen) atoms. The maximum Gasteiger partial charge on any atom is 0.417 e. The number of carboxylic acid groups (broad SMARTS) is 1. The summed E-state index contributed by atoms with van der Waals surface area (Å²) in [5.74, 6) is -3.20. The minimum Gasteiger partial charge on any atom is -0.507 e. The Morgan fingerprint density at radius 2 is 1.38 bits per heavy atom. The first kappa shape index (κ1) is 60.4. The number of rotatable bonds is 18. The lowest BCUT2D eigenvalue weighted by atomic mass is 9.97. The van der Waals surface area contributed by atoms with Crippen molar-refractivity contribution in [1.29, 1.82) is 0 Å². The Balaban J connectivity index is 0.000000226. The number of aryl methyl sites for hydroxylation is 1. The number of ether oxygens (including phenoxy) is 4. The Bertz CT molecular complexity index is 4010. The van der Waals surface area contributed by atoms with Crippen LogP contribution >= 0.6 is 12.6 Å². The SMILES string of the molecule is COC(=O)CN(CN1N=NN(C)C1S)C(=O)Oc1cc(C(=O)Nc2ccccc2C)c(O)c2ccccc12.Cc1c(C(N)=O)c(O)n(-c2ccccc2C(=O)O)c(=O)c1N=Nc1ccc(OCCOc2cc(C(C)C)c(O)c3ccccc23)cc1. The number of anilines is 1. The third-order valence-corrected chi connectivity index (χ3v) is 14.0. The normalized spacial score (nSPS) is 12.7. The van der Waals surface area contributed by atoms with Crippen molar-refractivity contribution in [2.45, 2.75) is 39.1 Å². The highest BCUT2D eigenvalue weighted by Crippen LogP contribution is 2.40. The smallest absolute Gasteiger partial charge is 0.417 e. The highest BCUT2D eigenvalue weighted by Gasteiger charge is 2.31. The standard InChI is InChI=1S/C35H32N4O8.C25H26N6O6S/c1-19(2)26-18-28(23-8-4-5-9-24(23)31(26)40)47-17-16-46-22-14-12-21(13-15-22)37-38-30-20(3)29(32(36)41)33(42)39(34(30)43)27-11-7-6-10-25(27)35(44)45;1-15-8-4-7-11-19(15)26-23(34)18-12-20(16-9-5-6-10-17(16)22(18)33)37-25(35)30(13-21(32)36-3)14-31-24(38)29(2)27-28-31/h4-15,18-19,40,42H,16-17H2,1-3H3,(H2,36,41)(H,44,45);4-12,24,33,38H,13-14H2,1-3H3,(H,26,34). The number of nitrogens with two attached hydrogens (primary N) is 1. The molecule has 1 aliphatic rings. The van der Waals surface area contributed by atoms with Gasteiger partial charge in [0.25, 0.3) is 17.4 Å². The van der Waals surface area contributed by atoms with Crippen molar-refractivity contribution in [1.82, 2.24) is 19.5 Å². The number of hydrogen-bond donors (Lipinski definition) is 7. The highest BCUT2D eigenvalue weighted by atomic mass is 32.1. The summed E-state index contributed by atoms with van der Waals surface area (Å²) < 4.78 is 22.9. The molecule has 7 N–H and O–H groups in total. The van der Waals surface area contributed by atoms with Crippen LogP contribution < -0.4 is 30.8 Å². The molecule has 1 aromatic heterocycles. The molecule has 7 aromatic carbocycles. The second kappa shape index (κ2) is 26.5. The fourth-order valence-corrected chi connectivity index (χ4v) is 9.06. The Labute approximate surface area is 490 Å². The zero-order chi connectivity index (χ0) is 61.2. The van der Waals surface area contributed by atoms with Gasteiger partial charge in [-0.3, -0.25) is 24.1 Å². The van der Waals surface area contributed by atoms with Crippen molar-refractivity contribution in [3.63, 3.8) is 0 Å². The van der Waals surface area contributed by atoms with Gasteiger partial charge in [0.05, 0.1) is 29.6 Å². The monoisotopic (exact) mass is 1170 g/mol. The van der Waals surface area contributed by atoms with Gasteiger partial charge in [-0.25, -0.2) is 24.2 Å². The third-order valence-electron chi connectivity index (χ3n) is 13.4. The number of pyridine rings is 1. The lowest BCUT2D eigenvalue weighted by Gasteiger charge is -2.27. The van der Waals surface area contributed by atoms with E-state index in [4.69, 9.17) is 24.7 Å². The van der Waals surface area contributed by atoms with E-state index in [1.807, 2.05) is 63.2 Å². The summed E-state index contributed by atoms with van der Waals surface area (Å²) in [6, 6.07) is 36.4. The van der Waals surface area contributed by atoms with E-state index in [2.05, 4.69) is 38.6 Å². The summed E-state index contributed by atoms with van der Waals surface area (Å²) in [7, 11) is 2.85. The van der Waals surface area contributed by atoms with E-state index in [1.165, 1.54) is 54.4 Å². The van der Waals surface area contributed by atoms with E-state index >= 15 is 0 Å². The molecule has 25 heteroatoms. The molecule has 1 unspecified atom stereocenters. The van der Waals surface area contributed by atoms with Gasteiger partial charge in [0, 0.05) is 45.4 Å². The summed E-state index contributed by atoms with van der Waals surface area (Å²) in [5.41, 5.74) is 5.28. The molecule has 8 aromatic rings. The van der Waals surface area contributed by atoms with Crippen LogP contribution in [0.25, 0.3) is 27.2 Å². The molecule has 2 heterocycles. The van der Waals surface area contributed by atoms with Crippen LogP contribution in [-0.2, 0) is 9.53 Å². The minimum atomic E-state index is -1.35. The van der Waals surface area contributed by atoms with Crippen molar-refractivity contribution >= 4 is 81.1 Å². The van der Waals surface area contributed by atoms with Crippen molar-refractivity contribution in [2.24, 2.45) is 26.4 Å². The number of nitrogens with zero attached hydrogens (tertiary/aromatic N) is 8. The second-order valence-electron chi connectivity index (χ2n) is 19.3. The van der Waals surface area contributed by atoms with Crippen molar-refractivity contribution < 1.29 is 63.3 Å². The summed E-state index contributed by atoms with van der Waals surface area (Å²) in [4.78, 5) is 77.1. The number of phenols is 2. The number of aromatic hydroxyl groups is 3. The number of aromatic nitrogens is 1. The van der Waals surface area contributed by atoms with Gasteiger partial charge in [-0.15, -0.1) is 17.7 Å².